The summed E-state index contributed by atoms with van der Waals surface area (Å²) in [5.74, 6) is 0.602. The molecule has 30 heavy (non-hydrogen) atoms. The summed E-state index contributed by atoms with van der Waals surface area (Å²) in [5.41, 5.74) is 1.81. The minimum absolute atomic E-state index is 0.0349. The van der Waals surface area contributed by atoms with Gasteiger partial charge in [0, 0.05) is 31.7 Å². The number of benzene rings is 2. The average molecular weight is 413 g/mol. The van der Waals surface area contributed by atoms with E-state index >= 15 is 0 Å². The summed E-state index contributed by atoms with van der Waals surface area (Å²) < 4.78 is 11.2. The molecule has 0 spiro atoms. The summed E-state index contributed by atoms with van der Waals surface area (Å²) in [5, 5.41) is 5.69. The van der Waals surface area contributed by atoms with Gasteiger partial charge in [0.05, 0.1) is 6.10 Å². The topological polar surface area (TPSA) is 76.7 Å². The maximum Gasteiger partial charge on any atom is 0.224 e. The average Bonchev–Trinajstić information content (AvgIpc) is 2.73. The van der Waals surface area contributed by atoms with Crippen LogP contribution in [0.2, 0.25) is 0 Å². The first kappa shape index (κ1) is 23.4. The zero-order chi connectivity index (χ0) is 21.6. The number of ether oxygens (including phenoxy) is 2. The van der Waals surface area contributed by atoms with Gasteiger partial charge in [-0.2, -0.15) is 0 Å². The van der Waals surface area contributed by atoms with Crippen molar-refractivity contribution >= 4 is 17.5 Å². The lowest BCUT2D eigenvalue weighted by atomic mass is 10.2. The SMILES string of the molecule is CC(C)OCCCNC(=O)CCCC(=O)Nc1ccc(OCc2ccccc2)cc1. The first-order valence-corrected chi connectivity index (χ1v) is 10.5. The number of carbonyl (C=O) groups excluding carboxylic acids is 2. The van der Waals surface area contributed by atoms with E-state index in [1.807, 2.05) is 68.4 Å². The van der Waals surface area contributed by atoms with Crippen LogP contribution in [0.4, 0.5) is 5.69 Å². The van der Waals surface area contributed by atoms with Gasteiger partial charge in [-0.25, -0.2) is 0 Å². The zero-order valence-electron chi connectivity index (χ0n) is 17.9. The summed E-state index contributed by atoms with van der Waals surface area (Å²) in [4.78, 5) is 23.8. The fourth-order valence-electron chi connectivity index (χ4n) is 2.72. The van der Waals surface area contributed by atoms with Crippen molar-refractivity contribution in [2.75, 3.05) is 18.5 Å². The Balaban J connectivity index is 1.58. The highest BCUT2D eigenvalue weighted by Gasteiger charge is 2.06. The Morgan fingerprint density at radius 3 is 2.30 bits per heavy atom. The normalized spacial score (nSPS) is 10.6. The van der Waals surface area contributed by atoms with Gasteiger partial charge in [-0.1, -0.05) is 30.3 Å². The van der Waals surface area contributed by atoms with Crippen molar-refractivity contribution in [3.8, 4) is 5.75 Å². The second-order valence-corrected chi connectivity index (χ2v) is 7.32. The molecule has 0 fully saturated rings. The zero-order valence-corrected chi connectivity index (χ0v) is 17.9. The Kier molecular flexibility index (Phi) is 10.4. The first-order chi connectivity index (χ1) is 14.5. The number of hydrogen-bond acceptors (Lipinski definition) is 4. The summed E-state index contributed by atoms with van der Waals surface area (Å²) in [6.45, 7) is 5.70. The third kappa shape index (κ3) is 10.1. The molecule has 0 aliphatic carbocycles. The molecule has 0 aliphatic heterocycles. The van der Waals surface area contributed by atoms with Crippen molar-refractivity contribution in [1.82, 2.24) is 5.32 Å². The molecule has 0 atom stereocenters. The maximum atomic E-state index is 12.1. The molecule has 6 nitrogen and oxygen atoms in total. The quantitative estimate of drug-likeness (QED) is 0.481. The van der Waals surface area contributed by atoms with Gasteiger partial charge in [-0.3, -0.25) is 9.59 Å². The molecule has 162 valence electrons. The monoisotopic (exact) mass is 412 g/mol. The van der Waals surface area contributed by atoms with Gasteiger partial charge in [0.1, 0.15) is 12.4 Å². The Hall–Kier alpha value is -2.86. The van der Waals surface area contributed by atoms with Gasteiger partial charge < -0.3 is 20.1 Å². The van der Waals surface area contributed by atoms with Crippen LogP contribution in [0.15, 0.2) is 54.6 Å². The molecular weight excluding hydrogens is 380 g/mol. The second-order valence-electron chi connectivity index (χ2n) is 7.32. The predicted octanol–water partition coefficient (Wildman–Crippen LogP) is 4.31. The molecular formula is C24H32N2O4. The fourth-order valence-corrected chi connectivity index (χ4v) is 2.72. The number of hydrogen-bond donors (Lipinski definition) is 2. The Morgan fingerprint density at radius 2 is 1.60 bits per heavy atom. The standard InChI is InChI=1S/C24H32N2O4/c1-19(2)29-17-7-16-25-23(27)10-6-11-24(28)26-21-12-14-22(15-13-21)30-18-20-8-4-3-5-9-20/h3-5,8-9,12-15,19H,6-7,10-11,16-18H2,1-2H3,(H,25,27)(H,26,28). The lowest BCUT2D eigenvalue weighted by molar-refractivity contribution is -0.121. The minimum atomic E-state index is -0.105. The molecule has 0 bridgehead atoms. The van der Waals surface area contributed by atoms with Crippen molar-refractivity contribution in [2.45, 2.75) is 52.2 Å². The van der Waals surface area contributed by atoms with E-state index in [0.29, 0.717) is 44.7 Å². The summed E-state index contributed by atoms with van der Waals surface area (Å²) in [6.07, 6.45) is 2.15. The number of nitrogens with one attached hydrogen (secondary N) is 2. The highest BCUT2D eigenvalue weighted by molar-refractivity contribution is 5.91. The van der Waals surface area contributed by atoms with Crippen LogP contribution >= 0.6 is 0 Å². The van der Waals surface area contributed by atoms with Gasteiger partial charge in [0.2, 0.25) is 11.8 Å². The largest absolute Gasteiger partial charge is 0.489 e. The van der Waals surface area contributed by atoms with Gasteiger partial charge in [-0.15, -0.1) is 0 Å². The second kappa shape index (κ2) is 13.4. The molecule has 2 N–H and O–H groups in total. The number of rotatable bonds is 13. The predicted molar refractivity (Wildman–Crippen MR) is 118 cm³/mol. The molecule has 0 heterocycles. The molecule has 0 unspecified atom stereocenters. The minimum Gasteiger partial charge on any atom is -0.489 e. The smallest absolute Gasteiger partial charge is 0.224 e. The third-order valence-electron chi connectivity index (χ3n) is 4.29. The Bertz CT molecular complexity index is 761. The van der Waals surface area contributed by atoms with E-state index in [1.165, 1.54) is 0 Å². The maximum absolute atomic E-state index is 12.1. The van der Waals surface area contributed by atoms with E-state index in [1.54, 1.807) is 0 Å². The molecule has 0 aliphatic rings. The summed E-state index contributed by atoms with van der Waals surface area (Å²) >= 11 is 0. The number of amides is 2. The number of carbonyl (C=O) groups is 2. The Morgan fingerprint density at radius 1 is 0.900 bits per heavy atom. The lowest BCUT2D eigenvalue weighted by Gasteiger charge is -2.09. The number of anilines is 1. The van der Waals surface area contributed by atoms with Crippen LogP contribution in [0.1, 0.15) is 45.1 Å². The third-order valence-corrected chi connectivity index (χ3v) is 4.29. The van der Waals surface area contributed by atoms with Crippen molar-refractivity contribution in [3.05, 3.63) is 60.2 Å². The molecule has 0 radical (unpaired) electrons. The van der Waals surface area contributed by atoms with Crippen LogP contribution in [0.3, 0.4) is 0 Å². The first-order valence-electron chi connectivity index (χ1n) is 10.5. The van der Waals surface area contributed by atoms with Gasteiger partial charge in [0.15, 0.2) is 0 Å². The van der Waals surface area contributed by atoms with E-state index in [4.69, 9.17) is 9.47 Å². The van der Waals surface area contributed by atoms with Gasteiger partial charge in [0.25, 0.3) is 0 Å². The molecule has 2 amide bonds. The highest BCUT2D eigenvalue weighted by Crippen LogP contribution is 2.17. The van der Waals surface area contributed by atoms with Crippen molar-refractivity contribution < 1.29 is 19.1 Å². The van der Waals surface area contributed by atoms with Crippen LogP contribution in [0, 0.1) is 0 Å². The molecule has 0 saturated heterocycles. The summed E-state index contributed by atoms with van der Waals surface area (Å²) in [6, 6.07) is 17.2. The van der Waals surface area contributed by atoms with Crippen molar-refractivity contribution in [1.29, 1.82) is 0 Å². The van der Waals surface area contributed by atoms with Crippen LogP contribution < -0.4 is 15.4 Å². The molecule has 0 aromatic heterocycles. The summed E-state index contributed by atoms with van der Waals surface area (Å²) in [7, 11) is 0. The molecule has 2 rings (SSSR count). The van der Waals surface area contributed by atoms with Crippen LogP contribution in [-0.2, 0) is 20.9 Å². The van der Waals surface area contributed by atoms with E-state index in [9.17, 15) is 9.59 Å². The molecule has 6 heteroatoms. The lowest BCUT2D eigenvalue weighted by Crippen LogP contribution is -2.25. The van der Waals surface area contributed by atoms with E-state index in [-0.39, 0.29) is 17.9 Å². The van der Waals surface area contributed by atoms with Gasteiger partial charge >= 0.3 is 0 Å². The molecule has 0 saturated carbocycles. The van der Waals surface area contributed by atoms with E-state index in [0.717, 1.165) is 17.7 Å². The van der Waals surface area contributed by atoms with Crippen molar-refractivity contribution in [3.63, 3.8) is 0 Å². The van der Waals surface area contributed by atoms with E-state index in [2.05, 4.69) is 10.6 Å². The Labute approximate surface area is 179 Å². The van der Waals surface area contributed by atoms with Crippen LogP contribution in [0.25, 0.3) is 0 Å². The fraction of sp³-hybridized carbons (Fsp3) is 0.417. The highest BCUT2D eigenvalue weighted by atomic mass is 16.5. The van der Waals surface area contributed by atoms with Crippen molar-refractivity contribution in [2.24, 2.45) is 0 Å². The van der Waals surface area contributed by atoms with Crippen LogP contribution in [-0.4, -0.2) is 31.1 Å². The van der Waals surface area contributed by atoms with E-state index < -0.39 is 0 Å². The van der Waals surface area contributed by atoms with Gasteiger partial charge in [-0.05, 0) is 56.5 Å². The molecule has 2 aromatic carbocycles. The van der Waals surface area contributed by atoms with Crippen LogP contribution in [0.5, 0.6) is 5.75 Å². The molecule has 2 aromatic rings.